The van der Waals surface area contributed by atoms with Gasteiger partial charge in [-0.3, -0.25) is 4.79 Å². The Morgan fingerprint density at radius 2 is 1.43 bits per heavy atom. The molecule has 0 aliphatic rings. The molecule has 43 valence electrons. The topological polar surface area (TPSA) is 41.1 Å². The molecular formula is C4H11N2O. The number of hydrogen-bond donors (Lipinski definition) is 2. The molecule has 7 heavy (non-hydrogen) atoms. The lowest BCUT2D eigenvalue weighted by molar-refractivity contribution is 0.548. The second kappa shape index (κ2) is 18.0. The molecule has 0 fully saturated rings. The van der Waals surface area contributed by atoms with Crippen LogP contribution in [0.4, 0.5) is 0 Å². The Balaban J connectivity index is 0. The Bertz CT molecular complexity index is 30.9. The molecule has 0 atom stereocenters. The van der Waals surface area contributed by atoms with Crippen molar-refractivity contribution in [3.05, 3.63) is 0 Å². The van der Waals surface area contributed by atoms with E-state index in [1.807, 2.05) is 14.1 Å². The van der Waals surface area contributed by atoms with Gasteiger partial charge in [-0.25, -0.2) is 0 Å². The minimum absolute atomic E-state index is 1.43. The molecule has 0 heterocycles. The van der Waals surface area contributed by atoms with E-state index in [9.17, 15) is 0 Å². The third kappa shape index (κ3) is 346. The first-order valence-corrected chi connectivity index (χ1v) is 1.95. The molecule has 0 aliphatic heterocycles. The predicted octanol–water partition coefficient (Wildman–Crippen LogP) is -0.891. The summed E-state index contributed by atoms with van der Waals surface area (Å²) >= 11 is 0. The number of nitrogens with one attached hydrogen (secondary N) is 2. The SMILES string of the molecule is CNC.CN[C]=O. The van der Waals surface area contributed by atoms with Crippen LogP contribution < -0.4 is 10.6 Å². The van der Waals surface area contributed by atoms with Gasteiger partial charge in [0.05, 0.1) is 0 Å². The second-order valence-electron chi connectivity index (χ2n) is 0.852. The van der Waals surface area contributed by atoms with Gasteiger partial charge in [-0.2, -0.15) is 0 Å². The van der Waals surface area contributed by atoms with E-state index in [4.69, 9.17) is 4.79 Å². The normalized spacial score (nSPS) is 5.57. The van der Waals surface area contributed by atoms with E-state index < -0.39 is 0 Å². The molecule has 0 aromatic carbocycles. The molecule has 2 N–H and O–H groups in total. The van der Waals surface area contributed by atoms with E-state index in [2.05, 4.69) is 10.6 Å². The van der Waals surface area contributed by atoms with Crippen LogP contribution >= 0.6 is 0 Å². The van der Waals surface area contributed by atoms with Crippen molar-refractivity contribution in [2.45, 2.75) is 0 Å². The van der Waals surface area contributed by atoms with Gasteiger partial charge in [0.1, 0.15) is 0 Å². The molecule has 1 radical (unpaired) electrons. The zero-order valence-corrected chi connectivity index (χ0v) is 4.91. The number of rotatable bonds is 1. The lowest BCUT2D eigenvalue weighted by Crippen LogP contribution is -1.97. The summed E-state index contributed by atoms with van der Waals surface area (Å²) in [6.45, 7) is 0. The maximum absolute atomic E-state index is 8.94. The second-order valence-corrected chi connectivity index (χ2v) is 0.852. The van der Waals surface area contributed by atoms with Gasteiger partial charge in [0, 0.05) is 7.05 Å². The standard InChI is InChI=1S/C2H4NO.C2H7N/c1-3-2-4;1-3-2/h1H3,(H,3,4);3H,1-2H3. The maximum atomic E-state index is 8.94. The highest BCUT2D eigenvalue weighted by Crippen LogP contribution is 1.10. The van der Waals surface area contributed by atoms with E-state index in [0.717, 1.165) is 0 Å². The van der Waals surface area contributed by atoms with E-state index in [1.54, 1.807) is 0 Å². The molecule has 0 aromatic heterocycles. The van der Waals surface area contributed by atoms with Crippen molar-refractivity contribution < 1.29 is 4.79 Å². The molecule has 3 nitrogen and oxygen atoms in total. The summed E-state index contributed by atoms with van der Waals surface area (Å²) < 4.78 is 0. The van der Waals surface area contributed by atoms with Gasteiger partial charge in [0.25, 0.3) is 0 Å². The first kappa shape index (κ1) is 9.66. The highest BCUT2D eigenvalue weighted by atomic mass is 16.1. The Kier molecular flexibility index (Phi) is 24.9. The van der Waals surface area contributed by atoms with Crippen LogP contribution in [0.5, 0.6) is 0 Å². The van der Waals surface area contributed by atoms with Gasteiger partial charge in [-0.05, 0) is 14.1 Å². The Labute approximate surface area is 44.1 Å². The van der Waals surface area contributed by atoms with Gasteiger partial charge in [0.2, 0.25) is 0 Å². The van der Waals surface area contributed by atoms with Gasteiger partial charge >= 0.3 is 6.41 Å². The molecule has 1 amide bonds. The molecular weight excluding hydrogens is 92.1 g/mol. The molecule has 3 heteroatoms. The summed E-state index contributed by atoms with van der Waals surface area (Å²) in [6.07, 6.45) is 1.43. The zero-order chi connectivity index (χ0) is 6.12. The van der Waals surface area contributed by atoms with Crippen LogP contribution in [0.25, 0.3) is 0 Å². The molecule has 0 aromatic rings. The van der Waals surface area contributed by atoms with Crippen molar-refractivity contribution in [2.75, 3.05) is 21.1 Å². The third-order valence-electron chi connectivity index (χ3n) is 0.102. The number of hydrogen-bond acceptors (Lipinski definition) is 2. The first-order valence-electron chi connectivity index (χ1n) is 1.95. The van der Waals surface area contributed by atoms with Crippen molar-refractivity contribution in [1.29, 1.82) is 0 Å². The summed E-state index contributed by atoms with van der Waals surface area (Å²) in [7, 11) is 5.26. The fourth-order valence-electron chi connectivity index (χ4n) is 0. The number of carbonyl (C=O) groups excluding carboxylic acids is 1. The summed E-state index contributed by atoms with van der Waals surface area (Å²) in [6, 6.07) is 0. The number of amides is 1. The maximum Gasteiger partial charge on any atom is 0.309 e. The van der Waals surface area contributed by atoms with E-state index >= 15 is 0 Å². The highest BCUT2D eigenvalue weighted by molar-refractivity contribution is 5.46. The van der Waals surface area contributed by atoms with E-state index in [-0.39, 0.29) is 0 Å². The highest BCUT2D eigenvalue weighted by Gasteiger charge is 1.47. The fraction of sp³-hybridized carbons (Fsp3) is 0.750. The van der Waals surface area contributed by atoms with Crippen LogP contribution in [0.1, 0.15) is 0 Å². The average molecular weight is 103 g/mol. The lowest BCUT2D eigenvalue weighted by Gasteiger charge is -1.61. The van der Waals surface area contributed by atoms with Gasteiger partial charge in [0.15, 0.2) is 0 Å². The molecule has 0 aliphatic carbocycles. The molecule has 0 unspecified atom stereocenters. The van der Waals surface area contributed by atoms with Gasteiger partial charge in [-0.1, -0.05) is 0 Å². The Morgan fingerprint density at radius 1 is 1.29 bits per heavy atom. The van der Waals surface area contributed by atoms with Crippen molar-refractivity contribution in [1.82, 2.24) is 10.6 Å². The van der Waals surface area contributed by atoms with Crippen molar-refractivity contribution >= 4 is 6.41 Å². The Morgan fingerprint density at radius 3 is 1.43 bits per heavy atom. The zero-order valence-electron chi connectivity index (χ0n) is 4.91. The Hall–Kier alpha value is -0.570. The monoisotopic (exact) mass is 103 g/mol. The van der Waals surface area contributed by atoms with Crippen LogP contribution in [0.15, 0.2) is 0 Å². The molecule has 0 saturated heterocycles. The van der Waals surface area contributed by atoms with Crippen LogP contribution in [0, 0.1) is 0 Å². The van der Waals surface area contributed by atoms with Crippen LogP contribution in [0.2, 0.25) is 0 Å². The van der Waals surface area contributed by atoms with Gasteiger partial charge < -0.3 is 10.6 Å². The van der Waals surface area contributed by atoms with Crippen molar-refractivity contribution in [3.8, 4) is 0 Å². The summed E-state index contributed by atoms with van der Waals surface area (Å²) in [5.41, 5.74) is 0. The summed E-state index contributed by atoms with van der Waals surface area (Å²) in [5.74, 6) is 0. The molecule has 0 spiro atoms. The van der Waals surface area contributed by atoms with Crippen molar-refractivity contribution in [3.63, 3.8) is 0 Å². The third-order valence-corrected chi connectivity index (χ3v) is 0.102. The minimum Gasteiger partial charge on any atom is -0.351 e. The minimum atomic E-state index is 1.43. The van der Waals surface area contributed by atoms with E-state index in [1.165, 1.54) is 13.5 Å². The lowest BCUT2D eigenvalue weighted by atomic mass is 11.2. The van der Waals surface area contributed by atoms with Crippen LogP contribution in [-0.2, 0) is 4.79 Å². The molecule has 0 bridgehead atoms. The van der Waals surface area contributed by atoms with Crippen molar-refractivity contribution in [2.24, 2.45) is 0 Å². The van der Waals surface area contributed by atoms with Crippen LogP contribution in [-0.4, -0.2) is 27.6 Å². The average Bonchev–Trinajstić information content (AvgIpc) is 1.69. The first-order chi connectivity index (χ1) is 3.33. The molecule has 0 rings (SSSR count). The predicted molar refractivity (Wildman–Crippen MR) is 29.7 cm³/mol. The smallest absolute Gasteiger partial charge is 0.309 e. The summed E-state index contributed by atoms with van der Waals surface area (Å²) in [4.78, 5) is 8.94. The van der Waals surface area contributed by atoms with E-state index in [0.29, 0.717) is 0 Å². The fourth-order valence-corrected chi connectivity index (χ4v) is 0. The largest absolute Gasteiger partial charge is 0.351 e. The van der Waals surface area contributed by atoms with Gasteiger partial charge in [-0.15, -0.1) is 0 Å². The summed E-state index contributed by atoms with van der Waals surface area (Å²) in [5, 5.41) is 4.88. The molecule has 0 saturated carbocycles. The quantitative estimate of drug-likeness (QED) is 0.423. The van der Waals surface area contributed by atoms with Crippen LogP contribution in [0.3, 0.4) is 0 Å².